The fourth-order valence-electron chi connectivity index (χ4n) is 0.994. The van der Waals surface area contributed by atoms with E-state index < -0.39 is 6.04 Å². The van der Waals surface area contributed by atoms with Gasteiger partial charge in [-0.1, -0.05) is 30.1 Å². The first-order valence-corrected chi connectivity index (χ1v) is 5.31. The molecule has 0 aliphatic rings. The van der Waals surface area contributed by atoms with Gasteiger partial charge in [-0.15, -0.1) is 12.4 Å². The van der Waals surface area contributed by atoms with Crippen LogP contribution in [0.2, 0.25) is 10.0 Å². The molecular weight excluding hydrogens is 270 g/mol. The predicted molar refractivity (Wildman–Crippen MR) is 70.6 cm³/mol. The predicted octanol–water partition coefficient (Wildman–Crippen LogP) is 3.09. The van der Waals surface area contributed by atoms with Crippen molar-refractivity contribution in [1.82, 2.24) is 0 Å². The van der Waals surface area contributed by atoms with Crippen LogP contribution in [0, 0.1) is 0 Å². The van der Waals surface area contributed by atoms with Crippen LogP contribution in [0.5, 0.6) is 0 Å². The molecule has 0 heterocycles. The summed E-state index contributed by atoms with van der Waals surface area (Å²) in [6.07, 6.45) is 0.590. The van der Waals surface area contributed by atoms with Crippen LogP contribution >= 0.6 is 35.6 Å². The number of amides is 1. The van der Waals surface area contributed by atoms with Crippen molar-refractivity contribution in [3.63, 3.8) is 0 Å². The Morgan fingerprint density at radius 2 is 2.06 bits per heavy atom. The summed E-state index contributed by atoms with van der Waals surface area (Å²) in [5, 5.41) is 3.51. The van der Waals surface area contributed by atoms with Crippen molar-refractivity contribution in [2.75, 3.05) is 5.32 Å². The third-order valence-corrected chi connectivity index (χ3v) is 2.70. The zero-order chi connectivity index (χ0) is 11.4. The molecule has 0 aliphatic heterocycles. The van der Waals surface area contributed by atoms with Gasteiger partial charge in [0.15, 0.2) is 0 Å². The number of benzene rings is 1. The van der Waals surface area contributed by atoms with Gasteiger partial charge < -0.3 is 11.1 Å². The summed E-state index contributed by atoms with van der Waals surface area (Å²) in [4.78, 5) is 11.4. The van der Waals surface area contributed by atoms with Crippen LogP contribution < -0.4 is 11.1 Å². The van der Waals surface area contributed by atoms with Crippen molar-refractivity contribution in [2.24, 2.45) is 5.73 Å². The highest BCUT2D eigenvalue weighted by Crippen LogP contribution is 2.24. The average Bonchev–Trinajstić information content (AvgIpc) is 2.22. The Balaban J connectivity index is 0.00000225. The van der Waals surface area contributed by atoms with Crippen LogP contribution in [-0.2, 0) is 4.79 Å². The molecule has 3 N–H and O–H groups in total. The maximum Gasteiger partial charge on any atom is 0.241 e. The van der Waals surface area contributed by atoms with Crippen LogP contribution in [0.25, 0.3) is 0 Å². The van der Waals surface area contributed by atoms with E-state index in [0.29, 0.717) is 22.2 Å². The van der Waals surface area contributed by atoms with Gasteiger partial charge >= 0.3 is 0 Å². The van der Waals surface area contributed by atoms with Crippen molar-refractivity contribution < 1.29 is 4.79 Å². The number of halogens is 3. The van der Waals surface area contributed by atoms with E-state index in [9.17, 15) is 4.79 Å². The van der Waals surface area contributed by atoms with Crippen LogP contribution in [0.1, 0.15) is 13.3 Å². The fraction of sp³-hybridized carbons (Fsp3) is 0.300. The summed E-state index contributed by atoms with van der Waals surface area (Å²) >= 11 is 11.5. The van der Waals surface area contributed by atoms with Gasteiger partial charge in [-0.2, -0.15) is 0 Å². The molecule has 1 amide bonds. The molecule has 6 heteroatoms. The molecule has 1 aromatic carbocycles. The van der Waals surface area contributed by atoms with Crippen molar-refractivity contribution >= 4 is 47.2 Å². The lowest BCUT2D eigenvalue weighted by Crippen LogP contribution is -2.34. The van der Waals surface area contributed by atoms with Gasteiger partial charge in [0, 0.05) is 5.69 Å². The molecule has 16 heavy (non-hydrogen) atoms. The van der Waals surface area contributed by atoms with E-state index in [1.165, 1.54) is 0 Å². The highest BCUT2D eigenvalue weighted by atomic mass is 35.5. The Kier molecular flexibility index (Phi) is 6.76. The van der Waals surface area contributed by atoms with Gasteiger partial charge in [0.2, 0.25) is 5.91 Å². The fourth-order valence-corrected chi connectivity index (χ4v) is 1.29. The van der Waals surface area contributed by atoms with E-state index in [4.69, 9.17) is 28.9 Å². The molecule has 0 aromatic heterocycles. The molecule has 0 saturated carbocycles. The minimum absolute atomic E-state index is 0. The topological polar surface area (TPSA) is 55.1 Å². The van der Waals surface area contributed by atoms with E-state index in [2.05, 4.69) is 5.32 Å². The van der Waals surface area contributed by atoms with Crippen molar-refractivity contribution in [3.05, 3.63) is 28.2 Å². The monoisotopic (exact) mass is 282 g/mol. The van der Waals surface area contributed by atoms with Crippen molar-refractivity contribution in [3.8, 4) is 0 Å². The van der Waals surface area contributed by atoms with Gasteiger partial charge in [0.1, 0.15) is 0 Å². The molecule has 0 bridgehead atoms. The Hall–Kier alpha value is -0.480. The maximum atomic E-state index is 11.4. The Bertz CT molecular complexity index is 371. The Morgan fingerprint density at radius 3 is 2.56 bits per heavy atom. The van der Waals surface area contributed by atoms with Gasteiger partial charge in [-0.25, -0.2) is 0 Å². The summed E-state index contributed by atoms with van der Waals surface area (Å²) in [6.45, 7) is 1.85. The number of nitrogens with one attached hydrogen (secondary N) is 1. The number of hydrogen-bond acceptors (Lipinski definition) is 2. The minimum atomic E-state index is -0.501. The molecule has 90 valence electrons. The molecule has 0 saturated heterocycles. The van der Waals surface area contributed by atoms with Crippen molar-refractivity contribution in [2.45, 2.75) is 19.4 Å². The number of hydrogen-bond donors (Lipinski definition) is 2. The second kappa shape index (κ2) is 6.97. The smallest absolute Gasteiger partial charge is 0.241 e. The molecule has 1 rings (SSSR count). The number of carbonyl (C=O) groups is 1. The lowest BCUT2D eigenvalue weighted by molar-refractivity contribution is -0.117. The summed E-state index contributed by atoms with van der Waals surface area (Å²) in [5.74, 6) is -0.226. The first-order valence-electron chi connectivity index (χ1n) is 4.56. The second-order valence-electron chi connectivity index (χ2n) is 3.13. The largest absolute Gasteiger partial charge is 0.325 e. The van der Waals surface area contributed by atoms with Gasteiger partial charge in [-0.05, 0) is 24.6 Å². The average molecular weight is 284 g/mol. The van der Waals surface area contributed by atoms with Gasteiger partial charge in [0.05, 0.1) is 16.1 Å². The lowest BCUT2D eigenvalue weighted by atomic mass is 10.2. The van der Waals surface area contributed by atoms with Crippen LogP contribution in [0.3, 0.4) is 0 Å². The molecule has 0 spiro atoms. The summed E-state index contributed by atoms with van der Waals surface area (Å²) in [7, 11) is 0. The molecular formula is C10H13Cl3N2O. The zero-order valence-electron chi connectivity index (χ0n) is 8.67. The van der Waals surface area contributed by atoms with E-state index in [0.717, 1.165) is 0 Å². The summed E-state index contributed by atoms with van der Waals surface area (Å²) in [5.41, 5.74) is 6.16. The Morgan fingerprint density at radius 1 is 1.44 bits per heavy atom. The number of nitrogens with two attached hydrogens (primary N) is 1. The highest BCUT2D eigenvalue weighted by molar-refractivity contribution is 6.42. The normalized spacial score (nSPS) is 11.5. The molecule has 0 unspecified atom stereocenters. The van der Waals surface area contributed by atoms with Crippen molar-refractivity contribution in [1.29, 1.82) is 0 Å². The van der Waals surface area contributed by atoms with Crippen LogP contribution in [-0.4, -0.2) is 11.9 Å². The van der Waals surface area contributed by atoms with E-state index in [-0.39, 0.29) is 18.3 Å². The quantitative estimate of drug-likeness (QED) is 0.895. The Labute approximate surface area is 111 Å². The highest BCUT2D eigenvalue weighted by Gasteiger charge is 2.11. The van der Waals surface area contributed by atoms with Crippen LogP contribution in [0.4, 0.5) is 5.69 Å². The second-order valence-corrected chi connectivity index (χ2v) is 3.95. The van der Waals surface area contributed by atoms with E-state index in [1.54, 1.807) is 18.2 Å². The minimum Gasteiger partial charge on any atom is -0.325 e. The SMILES string of the molecule is CC[C@H](N)C(=O)Nc1ccc(Cl)c(Cl)c1.Cl. The zero-order valence-corrected chi connectivity index (χ0v) is 11.0. The van der Waals surface area contributed by atoms with E-state index >= 15 is 0 Å². The van der Waals surface area contributed by atoms with Gasteiger partial charge in [0.25, 0.3) is 0 Å². The molecule has 0 fully saturated rings. The standard InChI is InChI=1S/C10H12Cl2N2O.ClH/c1-2-9(13)10(15)14-6-3-4-7(11)8(12)5-6;/h3-5,9H,2,13H2,1H3,(H,14,15);1H/t9-;/m0./s1. The first-order chi connectivity index (χ1) is 7.04. The lowest BCUT2D eigenvalue weighted by Gasteiger charge is -2.10. The molecule has 1 atom stereocenters. The molecule has 0 radical (unpaired) electrons. The van der Waals surface area contributed by atoms with Gasteiger partial charge in [-0.3, -0.25) is 4.79 Å². The molecule has 3 nitrogen and oxygen atoms in total. The number of carbonyl (C=O) groups excluding carboxylic acids is 1. The van der Waals surface area contributed by atoms with E-state index in [1.807, 2.05) is 6.92 Å². The molecule has 1 aromatic rings. The third kappa shape index (κ3) is 4.18. The number of rotatable bonds is 3. The van der Waals surface area contributed by atoms with Crippen LogP contribution in [0.15, 0.2) is 18.2 Å². The molecule has 0 aliphatic carbocycles. The maximum absolute atomic E-state index is 11.4. The number of anilines is 1. The summed E-state index contributed by atoms with van der Waals surface area (Å²) < 4.78 is 0. The summed E-state index contributed by atoms with van der Waals surface area (Å²) in [6, 6.07) is 4.38. The third-order valence-electron chi connectivity index (χ3n) is 1.96. The first kappa shape index (κ1) is 15.5.